The molecule has 1 aromatic rings. The van der Waals surface area contributed by atoms with Crippen molar-refractivity contribution < 1.29 is 9.21 Å². The Balaban J connectivity index is 2.59. The molecule has 1 unspecified atom stereocenters. The minimum Gasteiger partial charge on any atom is -0.440 e. The Morgan fingerprint density at radius 3 is 2.93 bits per heavy atom. The highest BCUT2D eigenvalue weighted by Crippen LogP contribution is 2.13. The molecule has 0 aliphatic rings. The Kier molecular flexibility index (Phi) is 4.19. The van der Waals surface area contributed by atoms with Crippen LogP contribution in [0.5, 0.6) is 0 Å². The number of rotatable bonds is 4. The normalized spacial score (nSPS) is 11.8. The van der Waals surface area contributed by atoms with E-state index in [1.807, 2.05) is 13.0 Å². The number of carbonyl (C=O) groups excluding carboxylic acids is 1. The third kappa shape index (κ3) is 3.30. The van der Waals surface area contributed by atoms with Crippen LogP contribution in [0.2, 0.25) is 5.22 Å². The van der Waals surface area contributed by atoms with Crippen molar-refractivity contribution in [2.75, 3.05) is 0 Å². The van der Waals surface area contributed by atoms with Crippen LogP contribution in [-0.4, -0.2) is 11.9 Å². The molecule has 0 aliphatic heterocycles. The minimum absolute atomic E-state index is 0.147. The predicted molar refractivity (Wildman–Crippen MR) is 55.5 cm³/mol. The fourth-order valence-corrected chi connectivity index (χ4v) is 1.25. The van der Waals surface area contributed by atoms with Gasteiger partial charge in [-0.2, -0.15) is 5.26 Å². The highest BCUT2D eigenvalue weighted by Gasteiger charge is 2.14. The van der Waals surface area contributed by atoms with Gasteiger partial charge in [0.15, 0.2) is 11.0 Å². The molecule has 5 heteroatoms. The summed E-state index contributed by atoms with van der Waals surface area (Å²) < 4.78 is 4.94. The lowest BCUT2D eigenvalue weighted by Gasteiger charge is -2.11. The summed E-state index contributed by atoms with van der Waals surface area (Å²) >= 11 is 5.54. The summed E-state index contributed by atoms with van der Waals surface area (Å²) in [6, 6.07) is 4.86. The second-order valence-corrected chi connectivity index (χ2v) is 3.42. The van der Waals surface area contributed by atoms with Gasteiger partial charge in [-0.15, -0.1) is 0 Å². The van der Waals surface area contributed by atoms with Crippen LogP contribution in [0.4, 0.5) is 0 Å². The molecule has 1 amide bonds. The van der Waals surface area contributed by atoms with Gasteiger partial charge >= 0.3 is 0 Å². The van der Waals surface area contributed by atoms with E-state index in [0.29, 0.717) is 6.42 Å². The van der Waals surface area contributed by atoms with Gasteiger partial charge in [-0.1, -0.05) is 6.92 Å². The summed E-state index contributed by atoms with van der Waals surface area (Å²) in [5, 5.41) is 11.4. The fraction of sp³-hybridized carbons (Fsp3) is 0.400. The minimum atomic E-state index is -0.344. The van der Waals surface area contributed by atoms with Crippen LogP contribution in [0, 0.1) is 11.3 Å². The number of nitriles is 1. The van der Waals surface area contributed by atoms with Gasteiger partial charge in [-0.05, 0) is 30.2 Å². The molecule has 0 saturated carbocycles. The average molecular weight is 227 g/mol. The van der Waals surface area contributed by atoms with Crippen molar-refractivity contribution in [1.29, 1.82) is 5.26 Å². The van der Waals surface area contributed by atoms with Gasteiger partial charge in [0.05, 0.1) is 12.5 Å². The van der Waals surface area contributed by atoms with Crippen molar-refractivity contribution in [1.82, 2.24) is 5.32 Å². The lowest BCUT2D eigenvalue weighted by atomic mass is 10.1. The van der Waals surface area contributed by atoms with Gasteiger partial charge in [-0.25, -0.2) is 0 Å². The van der Waals surface area contributed by atoms with E-state index in [2.05, 4.69) is 5.32 Å². The van der Waals surface area contributed by atoms with Crippen molar-refractivity contribution in [3.8, 4) is 6.07 Å². The number of amides is 1. The molecule has 4 nitrogen and oxygen atoms in total. The Labute approximate surface area is 92.8 Å². The second-order valence-electron chi connectivity index (χ2n) is 3.04. The van der Waals surface area contributed by atoms with Crippen LogP contribution in [0.25, 0.3) is 0 Å². The molecule has 0 saturated heterocycles. The predicted octanol–water partition coefficient (Wildman–Crippen LogP) is 2.36. The van der Waals surface area contributed by atoms with E-state index in [9.17, 15) is 4.79 Å². The second kappa shape index (κ2) is 5.42. The largest absolute Gasteiger partial charge is 0.440 e. The van der Waals surface area contributed by atoms with Gasteiger partial charge in [0.2, 0.25) is 0 Å². The van der Waals surface area contributed by atoms with E-state index in [-0.39, 0.29) is 29.3 Å². The van der Waals surface area contributed by atoms with Crippen molar-refractivity contribution in [3.05, 3.63) is 23.1 Å². The van der Waals surface area contributed by atoms with Crippen LogP contribution < -0.4 is 5.32 Å². The molecule has 1 aromatic heterocycles. The number of hydrogen-bond acceptors (Lipinski definition) is 3. The Morgan fingerprint density at radius 1 is 1.73 bits per heavy atom. The van der Waals surface area contributed by atoms with Crippen molar-refractivity contribution >= 4 is 17.5 Å². The standard InChI is InChI=1S/C10H11ClN2O2/c1-2-7(5-6-12)13-10(14)8-3-4-9(11)15-8/h3-4,7H,2,5H2,1H3,(H,13,14). The number of carbonyl (C=O) groups is 1. The first-order valence-corrected chi connectivity index (χ1v) is 4.98. The van der Waals surface area contributed by atoms with Gasteiger partial charge in [-0.3, -0.25) is 4.79 Å². The number of halogens is 1. The summed E-state index contributed by atoms with van der Waals surface area (Å²) in [5.41, 5.74) is 0. The summed E-state index contributed by atoms with van der Waals surface area (Å²) in [5.74, 6) is -0.180. The van der Waals surface area contributed by atoms with Crippen LogP contribution in [0.15, 0.2) is 16.5 Å². The molecule has 0 spiro atoms. The molecule has 0 aliphatic carbocycles. The zero-order valence-corrected chi connectivity index (χ0v) is 9.04. The lowest BCUT2D eigenvalue weighted by Crippen LogP contribution is -2.33. The Bertz CT molecular complexity index is 381. The smallest absolute Gasteiger partial charge is 0.287 e. The third-order valence-corrected chi connectivity index (χ3v) is 2.17. The molecule has 0 aromatic carbocycles. The van der Waals surface area contributed by atoms with Crippen LogP contribution in [0.1, 0.15) is 30.3 Å². The summed E-state index contributed by atoms with van der Waals surface area (Å²) in [6.45, 7) is 1.90. The third-order valence-electron chi connectivity index (χ3n) is 1.96. The number of nitrogens with zero attached hydrogens (tertiary/aromatic N) is 1. The molecule has 15 heavy (non-hydrogen) atoms. The summed E-state index contributed by atoms with van der Waals surface area (Å²) in [7, 11) is 0. The van der Waals surface area contributed by atoms with E-state index in [1.165, 1.54) is 12.1 Å². The van der Waals surface area contributed by atoms with Gasteiger partial charge in [0.1, 0.15) is 0 Å². The molecular weight excluding hydrogens is 216 g/mol. The first kappa shape index (κ1) is 11.6. The van der Waals surface area contributed by atoms with Crippen LogP contribution in [0.3, 0.4) is 0 Å². The molecule has 1 atom stereocenters. The lowest BCUT2D eigenvalue weighted by molar-refractivity contribution is 0.0908. The zero-order chi connectivity index (χ0) is 11.3. The monoisotopic (exact) mass is 226 g/mol. The molecule has 0 bridgehead atoms. The van der Waals surface area contributed by atoms with Gasteiger partial charge < -0.3 is 9.73 Å². The SMILES string of the molecule is CCC(CC#N)NC(=O)c1ccc(Cl)o1. The van der Waals surface area contributed by atoms with E-state index in [4.69, 9.17) is 21.3 Å². The maximum Gasteiger partial charge on any atom is 0.287 e. The van der Waals surface area contributed by atoms with Crippen molar-refractivity contribution in [3.63, 3.8) is 0 Å². The molecule has 1 N–H and O–H groups in total. The average Bonchev–Trinajstić information content (AvgIpc) is 2.64. The highest BCUT2D eigenvalue weighted by atomic mass is 35.5. The summed E-state index contributed by atoms with van der Waals surface area (Å²) in [4.78, 5) is 11.5. The van der Waals surface area contributed by atoms with Crippen molar-refractivity contribution in [2.45, 2.75) is 25.8 Å². The van der Waals surface area contributed by atoms with Crippen molar-refractivity contribution in [2.24, 2.45) is 0 Å². The molecule has 0 radical (unpaired) electrons. The van der Waals surface area contributed by atoms with Crippen LogP contribution >= 0.6 is 11.6 Å². The van der Waals surface area contributed by atoms with E-state index in [0.717, 1.165) is 0 Å². The maximum absolute atomic E-state index is 11.5. The zero-order valence-electron chi connectivity index (χ0n) is 8.29. The number of hydrogen-bond donors (Lipinski definition) is 1. The number of furan rings is 1. The molecule has 1 heterocycles. The Hall–Kier alpha value is -1.47. The molecule has 80 valence electrons. The molecule has 1 rings (SSSR count). The fourth-order valence-electron chi connectivity index (χ4n) is 1.10. The number of nitrogens with one attached hydrogen (secondary N) is 1. The highest BCUT2D eigenvalue weighted by molar-refractivity contribution is 6.29. The van der Waals surface area contributed by atoms with E-state index in [1.54, 1.807) is 0 Å². The van der Waals surface area contributed by atoms with Gasteiger partial charge in [0.25, 0.3) is 5.91 Å². The quantitative estimate of drug-likeness (QED) is 0.857. The maximum atomic E-state index is 11.5. The van der Waals surface area contributed by atoms with Gasteiger partial charge in [0, 0.05) is 6.04 Å². The first-order valence-electron chi connectivity index (χ1n) is 4.60. The Morgan fingerprint density at radius 2 is 2.47 bits per heavy atom. The van der Waals surface area contributed by atoms with E-state index >= 15 is 0 Å². The first-order chi connectivity index (χ1) is 7.17. The molecule has 0 fully saturated rings. The van der Waals surface area contributed by atoms with E-state index < -0.39 is 0 Å². The van der Waals surface area contributed by atoms with Crippen LogP contribution in [-0.2, 0) is 0 Å². The summed E-state index contributed by atoms with van der Waals surface area (Å²) in [6.07, 6.45) is 0.990. The molecular formula is C10H11ClN2O2. The topological polar surface area (TPSA) is 66.0 Å².